The quantitative estimate of drug-likeness (QED) is 0.0200. The first-order chi connectivity index (χ1) is 41.8. The molecule has 0 radical (unpaired) electrons. The second-order valence-corrected chi connectivity index (χ2v) is 25.4. The lowest BCUT2D eigenvalue weighted by atomic mass is 9.96. The number of amides is 1. The van der Waals surface area contributed by atoms with Crippen LogP contribution in [0.2, 0.25) is 0 Å². The Bertz CT molecular complexity index is 1620. The van der Waals surface area contributed by atoms with Gasteiger partial charge in [0.15, 0.2) is 18.9 Å². The molecule has 3 aliphatic rings. The number of nitrogens with one attached hydrogen (secondary N) is 1. The maximum Gasteiger partial charge on any atom is 0.220 e. The molecule has 0 spiro atoms. The Morgan fingerprint density at radius 1 is 0.407 bits per heavy atom. The summed E-state index contributed by atoms with van der Waals surface area (Å²) in [4.78, 5) is 13.4. The van der Waals surface area contributed by atoms with Gasteiger partial charge in [-0.2, -0.15) is 0 Å². The molecule has 0 aromatic carbocycles. The van der Waals surface area contributed by atoms with Crippen molar-refractivity contribution in [3.05, 3.63) is 12.2 Å². The molecule has 3 fully saturated rings. The van der Waals surface area contributed by atoms with E-state index in [0.717, 1.165) is 44.9 Å². The molecular weight excluding hydrogens is 1110 g/mol. The van der Waals surface area contributed by atoms with E-state index >= 15 is 0 Å². The molecule has 0 bridgehead atoms. The first kappa shape index (κ1) is 78.8. The van der Waals surface area contributed by atoms with E-state index in [2.05, 4.69) is 19.2 Å². The first-order valence-corrected chi connectivity index (χ1v) is 34.9. The van der Waals surface area contributed by atoms with Gasteiger partial charge < -0.3 is 89.9 Å². The van der Waals surface area contributed by atoms with Crippen molar-refractivity contribution in [3.8, 4) is 0 Å². The van der Waals surface area contributed by atoms with Crippen LogP contribution in [-0.2, 0) is 33.2 Å². The molecule has 17 atom stereocenters. The van der Waals surface area contributed by atoms with Gasteiger partial charge in [-0.25, -0.2) is 0 Å². The number of allylic oxidation sites excluding steroid dienone is 1. The summed E-state index contributed by atoms with van der Waals surface area (Å²) in [6.45, 7) is 1.74. The monoisotopic (exact) mass is 1230 g/mol. The molecule has 0 aromatic heterocycles. The van der Waals surface area contributed by atoms with Crippen molar-refractivity contribution < 1.29 is 89.4 Å². The third-order valence-electron chi connectivity index (χ3n) is 17.8. The van der Waals surface area contributed by atoms with E-state index in [1.54, 1.807) is 6.08 Å². The molecule has 19 heteroatoms. The molecule has 3 aliphatic heterocycles. The number of rotatable bonds is 54. The van der Waals surface area contributed by atoms with Gasteiger partial charge in [-0.1, -0.05) is 264 Å². The summed E-state index contributed by atoms with van der Waals surface area (Å²) in [5.41, 5.74) is 0. The second-order valence-electron chi connectivity index (χ2n) is 25.4. The van der Waals surface area contributed by atoms with Crippen molar-refractivity contribution in [1.82, 2.24) is 5.32 Å². The zero-order valence-corrected chi connectivity index (χ0v) is 53.6. The minimum atomic E-state index is -1.97. The predicted molar refractivity (Wildman–Crippen MR) is 333 cm³/mol. The molecule has 0 saturated carbocycles. The summed E-state index contributed by atoms with van der Waals surface area (Å²) in [5.74, 6) is -0.271. The smallest absolute Gasteiger partial charge is 0.220 e. The fourth-order valence-corrected chi connectivity index (χ4v) is 12.1. The number of unbranched alkanes of at least 4 members (excludes halogenated alkanes) is 38. The molecule has 86 heavy (non-hydrogen) atoms. The summed E-state index contributed by atoms with van der Waals surface area (Å²) in [5, 5.41) is 120. The summed E-state index contributed by atoms with van der Waals surface area (Å²) in [6.07, 6.45) is 28.0. The zero-order valence-electron chi connectivity index (χ0n) is 53.6. The van der Waals surface area contributed by atoms with Crippen LogP contribution in [0.15, 0.2) is 12.2 Å². The van der Waals surface area contributed by atoms with Crippen LogP contribution in [0.25, 0.3) is 0 Å². The highest BCUT2D eigenvalue weighted by Crippen LogP contribution is 2.33. The van der Waals surface area contributed by atoms with Crippen molar-refractivity contribution in [3.63, 3.8) is 0 Å². The fourth-order valence-electron chi connectivity index (χ4n) is 12.1. The number of aliphatic hydroxyl groups is 11. The van der Waals surface area contributed by atoms with E-state index in [-0.39, 0.29) is 18.9 Å². The van der Waals surface area contributed by atoms with Crippen LogP contribution in [0.4, 0.5) is 0 Å². The van der Waals surface area contributed by atoms with Gasteiger partial charge in [-0.15, -0.1) is 0 Å². The molecule has 17 unspecified atom stereocenters. The highest BCUT2D eigenvalue weighted by Gasteiger charge is 2.53. The van der Waals surface area contributed by atoms with E-state index in [1.807, 2.05) is 6.08 Å². The largest absolute Gasteiger partial charge is 0.394 e. The topological polar surface area (TPSA) is 307 Å². The Balaban J connectivity index is 1.35. The molecule has 12 N–H and O–H groups in total. The zero-order chi connectivity index (χ0) is 62.6. The number of carbonyl (C=O) groups excluding carboxylic acids is 1. The van der Waals surface area contributed by atoms with Crippen LogP contribution in [0, 0.1) is 0 Å². The molecule has 0 aliphatic carbocycles. The third-order valence-corrected chi connectivity index (χ3v) is 17.8. The number of hydrogen-bond donors (Lipinski definition) is 12. The normalized spacial score (nSPS) is 28.8. The average molecular weight is 1230 g/mol. The summed E-state index contributed by atoms with van der Waals surface area (Å²) in [6, 6.07) is -0.967. The van der Waals surface area contributed by atoms with Crippen molar-refractivity contribution in [2.24, 2.45) is 0 Å². The Morgan fingerprint density at radius 3 is 1.09 bits per heavy atom. The molecule has 508 valence electrons. The maximum absolute atomic E-state index is 13.4. The van der Waals surface area contributed by atoms with Gasteiger partial charge in [0.25, 0.3) is 0 Å². The van der Waals surface area contributed by atoms with Crippen molar-refractivity contribution >= 4 is 5.91 Å². The molecule has 1 amide bonds. The molecule has 19 nitrogen and oxygen atoms in total. The number of hydrogen-bond acceptors (Lipinski definition) is 18. The number of carbonyl (C=O) groups is 1. The van der Waals surface area contributed by atoms with E-state index < -0.39 is 124 Å². The lowest BCUT2D eigenvalue weighted by molar-refractivity contribution is -0.379. The fraction of sp³-hybridized carbons (Fsp3) is 0.955. The van der Waals surface area contributed by atoms with E-state index in [1.165, 1.54) is 205 Å². The van der Waals surface area contributed by atoms with Crippen molar-refractivity contribution in [2.75, 3.05) is 26.4 Å². The maximum atomic E-state index is 13.4. The minimum Gasteiger partial charge on any atom is -0.394 e. The van der Waals surface area contributed by atoms with Crippen LogP contribution in [0.1, 0.15) is 277 Å². The van der Waals surface area contributed by atoms with E-state index in [4.69, 9.17) is 28.4 Å². The lowest BCUT2D eigenvalue weighted by Crippen LogP contribution is -2.66. The predicted octanol–water partition coefficient (Wildman–Crippen LogP) is 8.89. The summed E-state index contributed by atoms with van der Waals surface area (Å²) >= 11 is 0. The Kier molecular flexibility index (Phi) is 45.9. The molecular formula is C67H127NO18. The van der Waals surface area contributed by atoms with E-state index in [0.29, 0.717) is 6.42 Å². The van der Waals surface area contributed by atoms with Gasteiger partial charge >= 0.3 is 0 Å². The Morgan fingerprint density at radius 2 is 0.721 bits per heavy atom. The van der Waals surface area contributed by atoms with E-state index in [9.17, 15) is 61.0 Å². The third kappa shape index (κ3) is 32.2. The van der Waals surface area contributed by atoms with Crippen molar-refractivity contribution in [2.45, 2.75) is 381 Å². The second kappa shape index (κ2) is 50.1. The SMILES string of the molecule is CCCCCCCCCCC/C=C/C(O)C(COC1OC(CO)C(OC2OC(CO)C(OC3OC(CO)C(O)C(O)C3O)C(O)C2O)C(O)C1O)NC(=O)CCCCCCCCCCCCCCCCCCCCCCCCCCCCCCCC. The molecule has 0 aromatic rings. The van der Waals surface area contributed by atoms with Gasteiger partial charge in [0.05, 0.1) is 38.6 Å². The van der Waals surface area contributed by atoms with Crippen molar-refractivity contribution in [1.29, 1.82) is 0 Å². The van der Waals surface area contributed by atoms with Gasteiger partial charge in [-0.3, -0.25) is 4.79 Å². The summed E-state index contributed by atoms with van der Waals surface area (Å²) < 4.78 is 34.3. The van der Waals surface area contributed by atoms with Crippen LogP contribution >= 0.6 is 0 Å². The summed E-state index contributed by atoms with van der Waals surface area (Å²) in [7, 11) is 0. The van der Waals surface area contributed by atoms with Gasteiger partial charge in [0.2, 0.25) is 5.91 Å². The highest BCUT2D eigenvalue weighted by molar-refractivity contribution is 5.76. The van der Waals surface area contributed by atoms with Gasteiger partial charge in [-0.05, 0) is 19.3 Å². The molecule has 3 saturated heterocycles. The minimum absolute atomic E-state index is 0.249. The highest BCUT2D eigenvalue weighted by atomic mass is 16.8. The van der Waals surface area contributed by atoms with Crippen LogP contribution in [-0.4, -0.2) is 193 Å². The van der Waals surface area contributed by atoms with Gasteiger partial charge in [0.1, 0.15) is 73.2 Å². The first-order valence-electron chi connectivity index (χ1n) is 34.9. The molecule has 3 heterocycles. The molecule has 3 rings (SSSR count). The average Bonchev–Trinajstić information content (AvgIpc) is 1.46. The Labute approximate surface area is 518 Å². The van der Waals surface area contributed by atoms with Crippen LogP contribution in [0.5, 0.6) is 0 Å². The number of ether oxygens (including phenoxy) is 6. The van der Waals surface area contributed by atoms with Gasteiger partial charge in [0, 0.05) is 6.42 Å². The standard InChI is InChI=1S/C67H127NO18/c1-3-5-7-9-11-13-15-16-17-18-19-20-21-22-23-24-25-26-27-28-29-30-31-32-33-35-37-39-41-43-45-55(73)68-50(51(72)44-42-40-38-36-34-14-12-10-8-6-4-2)49-81-65-61(79)58(76)63(53(47-70)83-65)86-67-62(80)59(77)64(54(48-71)84-67)85-66-60(78)57(75)56(74)52(46-69)82-66/h42,44,50-54,56-67,69-72,74-80H,3-41,43,45-49H2,1-2H3,(H,68,73)/b44-42+. The Hall–Kier alpha value is -1.47. The number of aliphatic hydroxyl groups excluding tert-OH is 11. The van der Waals surface area contributed by atoms with Crippen LogP contribution < -0.4 is 5.32 Å². The van der Waals surface area contributed by atoms with Crippen LogP contribution in [0.3, 0.4) is 0 Å². The lowest BCUT2D eigenvalue weighted by Gasteiger charge is -2.48.